The van der Waals surface area contributed by atoms with E-state index in [1.807, 2.05) is 60.7 Å². The summed E-state index contributed by atoms with van der Waals surface area (Å²) in [6.07, 6.45) is 14.1. The first-order chi connectivity index (χ1) is 68.3. The monoisotopic (exact) mass is 1940 g/mol. The summed E-state index contributed by atoms with van der Waals surface area (Å²) >= 11 is 0. The van der Waals surface area contributed by atoms with Crippen LogP contribution in [0.4, 0.5) is 0 Å². The molecule has 8 aliphatic rings. The minimum absolute atomic E-state index is 0.0370. The molecule has 140 heavy (non-hydrogen) atoms. The van der Waals surface area contributed by atoms with E-state index < -0.39 is 60.0 Å². The number of aromatic nitrogens is 4. The number of nitrogens with one attached hydrogen (secondary N) is 12. The number of pyridine rings is 4. The lowest BCUT2D eigenvalue weighted by molar-refractivity contribution is -0.189. The Kier molecular flexibility index (Phi) is 41.0. The smallest absolute Gasteiger partial charge is 0.355 e. The number of rotatable bonds is 67. The first kappa shape index (κ1) is 106. The summed E-state index contributed by atoms with van der Waals surface area (Å²) in [5.41, 5.74) is 13.9. The van der Waals surface area contributed by atoms with E-state index in [9.17, 15) is 47.9 Å². The van der Waals surface area contributed by atoms with E-state index in [-0.39, 0.29) is 110 Å². The minimum atomic E-state index is -1.95. The number of hydrogen-bond acceptors (Lipinski definition) is 32. The molecule has 766 valence electrons. The Morgan fingerprint density at radius 2 is 0.750 bits per heavy atom. The molecule has 4 saturated carbocycles. The summed E-state index contributed by atoms with van der Waals surface area (Å²) < 4.78 is 26.2. The SMILES string of the molecule is CC[C@@]1(OC(=O)CNC(=O)CCC(=O)NCCN(CCNCCNCCNC2CCC2)CCN(CCNCCN(CCN)CCN(CCNC2CCC2)CCN(CCNC(=O)CCC(=O)NCC(=O)O[C@]2(CC)C(=O)OCc3c2cc2n(c3=O)Cc3cc4ccccc4nc3-2)CCNC2CCC2)CCNCCN(CCNCCN)C2CCC2)C(=O)OCc2c1cc1n(c2=O)Cc2cc3ccccc3nc2-1. The van der Waals surface area contributed by atoms with Crippen LogP contribution in [0.5, 0.6) is 0 Å². The fourth-order valence-electron chi connectivity index (χ4n) is 19.8. The van der Waals surface area contributed by atoms with Crippen LogP contribution in [0.2, 0.25) is 0 Å². The van der Waals surface area contributed by atoms with E-state index in [4.69, 9.17) is 40.4 Å². The molecule has 0 saturated heterocycles. The number of cyclic esters (lactones) is 2. The van der Waals surface area contributed by atoms with Crippen LogP contribution >= 0.6 is 0 Å². The average molecular weight is 1940 g/mol. The molecule has 4 fully saturated rings. The third-order valence-electron chi connectivity index (χ3n) is 29.2. The molecule has 14 rings (SSSR count). The number of ether oxygens (including phenoxy) is 4. The van der Waals surface area contributed by atoms with Gasteiger partial charge in [-0.05, 0) is 101 Å². The molecule has 16 N–H and O–H groups in total. The molecule has 38 nitrogen and oxygen atoms in total. The number of carbonyl (C=O) groups excluding carboxylic acids is 8. The fourth-order valence-corrected chi connectivity index (χ4v) is 19.8. The largest absolute Gasteiger partial charge is 0.457 e. The lowest BCUT2D eigenvalue weighted by atomic mass is 9.85. The van der Waals surface area contributed by atoms with Crippen LogP contribution in [0, 0.1) is 0 Å². The second kappa shape index (κ2) is 54.1. The highest BCUT2D eigenvalue weighted by Crippen LogP contribution is 2.44. The minimum Gasteiger partial charge on any atom is -0.457 e. The predicted molar refractivity (Wildman–Crippen MR) is 538 cm³/mol. The summed E-state index contributed by atoms with van der Waals surface area (Å²) in [4.78, 5) is 162. The Labute approximate surface area is 822 Å². The number of esters is 4. The zero-order chi connectivity index (χ0) is 98.0. The molecular formula is C102H154N24O14. The lowest BCUT2D eigenvalue weighted by Gasteiger charge is -2.37. The molecule has 38 heteroatoms. The van der Waals surface area contributed by atoms with Gasteiger partial charge in [0.1, 0.15) is 26.3 Å². The molecule has 0 bridgehead atoms. The van der Waals surface area contributed by atoms with Crippen molar-refractivity contribution < 1.29 is 57.3 Å². The molecule has 0 radical (unpaired) electrons. The van der Waals surface area contributed by atoms with Gasteiger partial charge in [-0.2, -0.15) is 0 Å². The molecule has 0 unspecified atom stereocenters. The van der Waals surface area contributed by atoms with Crippen molar-refractivity contribution in [2.24, 2.45) is 11.5 Å². The van der Waals surface area contributed by atoms with Gasteiger partial charge in [0.15, 0.2) is 0 Å². The molecule has 4 aliphatic carbocycles. The molecule has 4 aliphatic heterocycles. The van der Waals surface area contributed by atoms with Crippen molar-refractivity contribution in [3.05, 3.63) is 127 Å². The first-order valence-corrected chi connectivity index (χ1v) is 52.0. The van der Waals surface area contributed by atoms with Gasteiger partial charge in [0.25, 0.3) is 11.1 Å². The number of fused-ring (bicyclic) bond motifs is 10. The van der Waals surface area contributed by atoms with E-state index >= 15 is 0 Å². The third kappa shape index (κ3) is 29.3. The summed E-state index contributed by atoms with van der Waals surface area (Å²) in [7, 11) is 0. The van der Waals surface area contributed by atoms with Crippen molar-refractivity contribution in [1.82, 2.24) is 112 Å². The highest BCUT2D eigenvalue weighted by Gasteiger charge is 2.52. The van der Waals surface area contributed by atoms with Crippen LogP contribution < -0.4 is 86.4 Å². The molecule has 6 aromatic rings. The van der Waals surface area contributed by atoms with E-state index in [1.54, 1.807) is 35.1 Å². The fraction of sp³-hybridized carbons (Fsp3) is 0.647. The van der Waals surface area contributed by atoms with Gasteiger partial charge in [-0.15, -0.1) is 0 Å². The van der Waals surface area contributed by atoms with Crippen molar-refractivity contribution >= 4 is 69.3 Å². The molecular weight excluding hydrogens is 1790 g/mol. The maximum Gasteiger partial charge on any atom is 0.355 e. The Hall–Kier alpha value is -9.72. The van der Waals surface area contributed by atoms with Gasteiger partial charge in [-0.25, -0.2) is 19.6 Å². The van der Waals surface area contributed by atoms with Crippen LogP contribution in [0.25, 0.3) is 44.6 Å². The third-order valence-corrected chi connectivity index (χ3v) is 29.2. The number of hydrogen-bond donors (Lipinski definition) is 14. The Morgan fingerprint density at radius 1 is 0.400 bits per heavy atom. The zero-order valence-electron chi connectivity index (χ0n) is 82.6. The van der Waals surface area contributed by atoms with Crippen LogP contribution in [0.3, 0.4) is 0 Å². The normalized spacial score (nSPS) is 17.7. The summed E-state index contributed by atoms with van der Waals surface area (Å²) in [5.74, 6) is -5.15. The van der Waals surface area contributed by atoms with Crippen molar-refractivity contribution in [3.8, 4) is 22.8 Å². The average Bonchev–Trinajstić information content (AvgIpc) is 1.55. The van der Waals surface area contributed by atoms with Crippen LogP contribution in [0.15, 0.2) is 82.4 Å². The quantitative estimate of drug-likeness (QED) is 0.0143. The van der Waals surface area contributed by atoms with Crippen molar-refractivity contribution in [2.45, 2.75) is 191 Å². The highest BCUT2D eigenvalue weighted by molar-refractivity contribution is 5.92. The van der Waals surface area contributed by atoms with Crippen molar-refractivity contribution in [3.63, 3.8) is 0 Å². The van der Waals surface area contributed by atoms with E-state index in [2.05, 4.69) is 93.2 Å². The van der Waals surface area contributed by atoms with E-state index in [0.717, 1.165) is 216 Å². The number of para-hydroxylation sites is 2. The van der Waals surface area contributed by atoms with E-state index in [0.29, 0.717) is 86.2 Å². The number of nitrogens with zero attached hydrogens (tertiary/aromatic N) is 10. The zero-order valence-corrected chi connectivity index (χ0v) is 82.6. The van der Waals surface area contributed by atoms with Crippen LogP contribution in [0.1, 0.15) is 163 Å². The lowest BCUT2D eigenvalue weighted by Crippen LogP contribution is -2.48. The van der Waals surface area contributed by atoms with Gasteiger partial charge in [-0.1, -0.05) is 75.9 Å². The second-order valence-corrected chi connectivity index (χ2v) is 38.6. The van der Waals surface area contributed by atoms with E-state index in [1.165, 1.54) is 77.0 Å². The molecule has 2 atom stereocenters. The Morgan fingerprint density at radius 3 is 1.14 bits per heavy atom. The van der Waals surface area contributed by atoms with Crippen molar-refractivity contribution in [1.29, 1.82) is 0 Å². The maximum absolute atomic E-state index is 14.1. The predicted octanol–water partition coefficient (Wildman–Crippen LogP) is 0.956. The van der Waals surface area contributed by atoms with Gasteiger partial charge in [0.05, 0.1) is 58.0 Å². The van der Waals surface area contributed by atoms with Gasteiger partial charge in [0, 0.05) is 305 Å². The maximum atomic E-state index is 14.1. The molecule has 2 aromatic carbocycles. The van der Waals surface area contributed by atoms with Gasteiger partial charge >= 0.3 is 23.9 Å². The second-order valence-electron chi connectivity index (χ2n) is 38.6. The molecule has 4 amide bonds. The number of nitrogens with two attached hydrogens (primary N) is 2. The van der Waals surface area contributed by atoms with Gasteiger partial charge in [0.2, 0.25) is 34.8 Å². The molecule has 4 aromatic heterocycles. The highest BCUT2D eigenvalue weighted by atomic mass is 16.6. The standard InChI is InChI=1S/C102H154N24O14/c1-3-101(83-65-87-95-75(63-73-13-5-7-23-85(73)117-95)69-125(87)97(133)81(83)71-137-99(101)135)139-93(131)67-115-91(129)27-25-89(127)113-44-53-121(48-36-107-33-32-106-34-35-110-77-15-9-16-77)59-58-120(50-39-109-41-56-124(80-21-12-22-80)55-40-105-31-29-103)49-38-108-37-47-119(46-30-104)57-61-123(52-43-112-79-19-11-20-79)62-60-122(51-42-111-78-17-10-18-78)54-45-114-90(128)26-28-92(130)116-68-94(132)140-102(4-2)84-66-88-96-76(64-74-14-6-8-24-86(74)118-96)70-126(88)98(134)82(84)72-138-100(102)136/h5-8,13-14,23-24,63-66,77-80,105-112H,3-4,9-12,15-22,25-62,67-72,103-104H2,1-2H3,(H,113,127)(H,114,128)(H,115,129)(H,116,130)/t101-,102-/m0/s1. The topological polar surface area (TPSA) is 459 Å². The molecule has 8 heterocycles. The van der Waals surface area contributed by atoms with Crippen molar-refractivity contribution in [2.75, 3.05) is 236 Å². The summed E-state index contributed by atoms with van der Waals surface area (Å²) in [6.45, 7) is 28.5. The van der Waals surface area contributed by atoms with Crippen LogP contribution in [-0.2, 0) is 94.8 Å². The Bertz CT molecular complexity index is 5240. The molecule has 0 spiro atoms. The summed E-state index contributed by atoms with van der Waals surface area (Å²) in [5, 5.41) is 42.6. The van der Waals surface area contributed by atoms with Gasteiger partial charge in [-0.3, -0.25) is 67.8 Å². The van der Waals surface area contributed by atoms with Crippen LogP contribution in [-0.4, -0.2) is 356 Å². The summed E-state index contributed by atoms with van der Waals surface area (Å²) in [6, 6.07) is 25.1. The number of amides is 4. The first-order valence-electron chi connectivity index (χ1n) is 52.0. The van der Waals surface area contributed by atoms with Gasteiger partial charge < -0.3 is 103 Å². The number of benzene rings is 2. The number of carbonyl (C=O) groups is 8. The Balaban J connectivity index is 0.542.